The molecule has 1 heterocycles. The summed E-state index contributed by atoms with van der Waals surface area (Å²) in [4.78, 5) is 20.2. The highest BCUT2D eigenvalue weighted by Crippen LogP contribution is 2.32. The zero-order valence-corrected chi connectivity index (χ0v) is 25.0. The van der Waals surface area contributed by atoms with E-state index in [4.69, 9.17) is 9.47 Å². The summed E-state index contributed by atoms with van der Waals surface area (Å²) in [6, 6.07) is 22.2. The molecule has 0 bridgehead atoms. The van der Waals surface area contributed by atoms with Crippen LogP contribution in [0, 0.1) is 12.3 Å². The van der Waals surface area contributed by atoms with E-state index in [1.807, 2.05) is 37.3 Å². The molecule has 0 N–H and O–H groups in total. The van der Waals surface area contributed by atoms with Crippen molar-refractivity contribution >= 4 is 33.3 Å². The van der Waals surface area contributed by atoms with Gasteiger partial charge in [0.25, 0.3) is 0 Å². The van der Waals surface area contributed by atoms with Gasteiger partial charge in [-0.3, -0.25) is 13.9 Å². The number of carbonyl (C=O) groups is 1. The number of aryl methyl sites for hydroxylation is 1. The van der Waals surface area contributed by atoms with Gasteiger partial charge >= 0.3 is 0 Å². The van der Waals surface area contributed by atoms with E-state index >= 15 is 0 Å². The number of aromatic nitrogens is 1. The second-order valence-corrected chi connectivity index (χ2v) is 12.8. The van der Waals surface area contributed by atoms with Crippen molar-refractivity contribution in [3.63, 3.8) is 0 Å². The molecule has 0 aliphatic carbocycles. The fraction of sp³-hybridized carbons (Fsp3) is 0.333. The smallest absolute Gasteiger partial charge is 0.229 e. The number of amides is 1. The molecule has 4 rings (SSSR count). The van der Waals surface area contributed by atoms with E-state index in [1.54, 1.807) is 24.5 Å². The van der Waals surface area contributed by atoms with E-state index in [9.17, 15) is 9.00 Å². The highest BCUT2D eigenvalue weighted by Gasteiger charge is 2.25. The quantitative estimate of drug-likeness (QED) is 0.211. The van der Waals surface area contributed by atoms with Gasteiger partial charge in [-0.25, -0.2) is 4.98 Å². The molecule has 4 aromatic rings. The molecule has 0 aliphatic rings. The van der Waals surface area contributed by atoms with Crippen LogP contribution < -0.4 is 14.4 Å². The third kappa shape index (κ3) is 7.48. The Morgan fingerprint density at radius 3 is 2.35 bits per heavy atom. The first kappa shape index (κ1) is 29.3. The summed E-state index contributed by atoms with van der Waals surface area (Å²) in [5.74, 6) is 2.70. The number of nitrogens with zero attached hydrogens (tertiary/aromatic N) is 2. The van der Waals surface area contributed by atoms with E-state index in [2.05, 4.69) is 62.2 Å². The number of carbonyl (C=O) groups excluding carboxylic acids is 1. The molecule has 0 saturated heterocycles. The molecule has 6 nitrogen and oxygen atoms in total. The van der Waals surface area contributed by atoms with Crippen LogP contribution in [0.5, 0.6) is 11.5 Å². The highest BCUT2D eigenvalue weighted by molar-refractivity contribution is 7.84. The van der Waals surface area contributed by atoms with E-state index in [0.717, 1.165) is 38.8 Å². The molecule has 1 aromatic heterocycles. The van der Waals surface area contributed by atoms with Crippen LogP contribution in [0.3, 0.4) is 0 Å². The Hall–Kier alpha value is -3.71. The lowest BCUT2D eigenvalue weighted by Gasteiger charge is -2.27. The average molecular weight is 559 g/mol. The molecule has 1 atom stereocenters. The topological polar surface area (TPSA) is 68.7 Å². The van der Waals surface area contributed by atoms with Crippen molar-refractivity contribution in [3.05, 3.63) is 84.1 Å². The molecule has 1 amide bonds. The minimum absolute atomic E-state index is 0.0214. The number of benzene rings is 3. The van der Waals surface area contributed by atoms with Crippen molar-refractivity contribution < 1.29 is 18.5 Å². The van der Waals surface area contributed by atoms with Crippen molar-refractivity contribution in [1.29, 1.82) is 0 Å². The normalized spacial score (nSPS) is 12.2. The van der Waals surface area contributed by atoms with Crippen molar-refractivity contribution in [2.75, 3.05) is 30.6 Å². The molecule has 0 saturated carbocycles. The van der Waals surface area contributed by atoms with Gasteiger partial charge in [-0.2, -0.15) is 0 Å². The predicted octanol–water partition coefficient (Wildman–Crippen LogP) is 6.95. The second-order valence-electron chi connectivity index (χ2n) is 11.2. The zero-order chi connectivity index (χ0) is 28.9. The maximum atomic E-state index is 13.7. The van der Waals surface area contributed by atoms with Crippen molar-refractivity contribution in [3.8, 4) is 22.6 Å². The Balaban J connectivity index is 1.64. The number of rotatable bonds is 10. The lowest BCUT2D eigenvalue weighted by molar-refractivity contribution is -0.120. The molecule has 7 heteroatoms. The summed E-state index contributed by atoms with van der Waals surface area (Å²) < 4.78 is 22.6. The third-order valence-electron chi connectivity index (χ3n) is 6.62. The zero-order valence-electron chi connectivity index (χ0n) is 24.2. The van der Waals surface area contributed by atoms with E-state index < -0.39 is 10.8 Å². The van der Waals surface area contributed by atoms with Crippen LogP contribution in [-0.2, 0) is 22.1 Å². The van der Waals surface area contributed by atoms with Crippen LogP contribution in [-0.4, -0.2) is 40.8 Å². The largest absolute Gasteiger partial charge is 0.496 e. The summed E-state index contributed by atoms with van der Waals surface area (Å²) in [6.07, 6.45) is 3.79. The average Bonchev–Trinajstić information content (AvgIpc) is 2.90. The van der Waals surface area contributed by atoms with Crippen LogP contribution in [0.2, 0.25) is 0 Å². The minimum Gasteiger partial charge on any atom is -0.496 e. The standard InChI is InChI=1S/C33H38N2O4S/c1-23-19-26(11-14-30(23)38-5)25-9-7-24(8-10-25)22-35(31(36)21-33(2,3)4)32-29-13-12-28(39-17-18-40(6)37)20-27(29)15-16-34-32/h7-16,19-20H,17-18,21-22H2,1-6H3. The summed E-state index contributed by atoms with van der Waals surface area (Å²) in [5.41, 5.74) is 4.15. The van der Waals surface area contributed by atoms with Gasteiger partial charge in [0.15, 0.2) is 0 Å². The first-order valence-electron chi connectivity index (χ1n) is 13.4. The minimum atomic E-state index is -0.909. The first-order valence-corrected chi connectivity index (χ1v) is 15.1. The van der Waals surface area contributed by atoms with Crippen LogP contribution >= 0.6 is 0 Å². The maximum Gasteiger partial charge on any atom is 0.229 e. The Morgan fingerprint density at radius 1 is 0.975 bits per heavy atom. The predicted molar refractivity (Wildman–Crippen MR) is 165 cm³/mol. The number of methoxy groups -OCH3 is 1. The molecule has 40 heavy (non-hydrogen) atoms. The molecule has 1 unspecified atom stereocenters. The van der Waals surface area contributed by atoms with Crippen molar-refractivity contribution in [2.24, 2.45) is 5.41 Å². The van der Waals surface area contributed by atoms with Crippen LogP contribution in [0.1, 0.15) is 38.3 Å². The van der Waals surface area contributed by atoms with Gasteiger partial charge in [-0.15, -0.1) is 0 Å². The Kier molecular flexibility index (Phi) is 9.25. The van der Waals surface area contributed by atoms with Gasteiger partial charge in [0.1, 0.15) is 17.3 Å². The number of hydrogen-bond donors (Lipinski definition) is 0. The molecule has 0 radical (unpaired) electrons. The molecule has 0 fully saturated rings. The lowest BCUT2D eigenvalue weighted by Crippen LogP contribution is -2.34. The molecule has 0 spiro atoms. The second kappa shape index (κ2) is 12.6. The van der Waals surface area contributed by atoms with Crippen molar-refractivity contribution in [1.82, 2.24) is 4.98 Å². The Morgan fingerprint density at radius 2 is 1.70 bits per heavy atom. The van der Waals surface area contributed by atoms with E-state index in [-0.39, 0.29) is 11.3 Å². The molecular formula is C33H38N2O4S. The number of pyridine rings is 1. The SMILES string of the molecule is COc1ccc(-c2ccc(CN(C(=O)CC(C)(C)C)c3nccc4cc(OCCS(C)=O)ccc34)cc2)cc1C. The van der Waals surface area contributed by atoms with Crippen molar-refractivity contribution in [2.45, 2.75) is 40.7 Å². The first-order chi connectivity index (χ1) is 19.0. The number of fused-ring (bicyclic) bond motifs is 1. The number of hydrogen-bond acceptors (Lipinski definition) is 5. The number of ether oxygens (including phenoxy) is 2. The van der Waals surface area contributed by atoms with Crippen LogP contribution in [0.25, 0.3) is 21.9 Å². The number of anilines is 1. The highest BCUT2D eigenvalue weighted by atomic mass is 32.2. The van der Waals surface area contributed by atoms with Crippen LogP contribution in [0.15, 0.2) is 72.9 Å². The molecule has 0 aliphatic heterocycles. The van der Waals surface area contributed by atoms with Gasteiger partial charge < -0.3 is 9.47 Å². The van der Waals surface area contributed by atoms with Gasteiger partial charge in [-0.1, -0.05) is 51.1 Å². The molecule has 210 valence electrons. The maximum absolute atomic E-state index is 13.7. The van der Waals surface area contributed by atoms with Crippen LogP contribution in [0.4, 0.5) is 5.82 Å². The Labute approximate surface area is 239 Å². The third-order valence-corrected chi connectivity index (χ3v) is 7.36. The Bertz CT molecular complexity index is 1510. The van der Waals surface area contributed by atoms with E-state index in [1.165, 1.54) is 0 Å². The van der Waals surface area contributed by atoms with Gasteiger partial charge in [0, 0.05) is 35.1 Å². The fourth-order valence-corrected chi connectivity index (χ4v) is 4.91. The van der Waals surface area contributed by atoms with Gasteiger partial charge in [-0.05, 0) is 76.4 Å². The summed E-state index contributed by atoms with van der Waals surface area (Å²) in [5, 5.41) is 1.81. The lowest BCUT2D eigenvalue weighted by atomic mass is 9.91. The monoisotopic (exact) mass is 558 g/mol. The van der Waals surface area contributed by atoms with Gasteiger partial charge in [0.05, 0.1) is 26.0 Å². The molecule has 3 aromatic carbocycles. The fourth-order valence-electron chi connectivity index (χ4n) is 4.60. The van der Waals surface area contributed by atoms with E-state index in [0.29, 0.717) is 36.9 Å². The summed E-state index contributed by atoms with van der Waals surface area (Å²) in [7, 11) is 0.770. The van der Waals surface area contributed by atoms with Gasteiger partial charge in [0.2, 0.25) is 5.91 Å². The summed E-state index contributed by atoms with van der Waals surface area (Å²) >= 11 is 0. The molecular weight excluding hydrogens is 520 g/mol. The summed E-state index contributed by atoms with van der Waals surface area (Å²) in [6.45, 7) is 9.03.